The lowest BCUT2D eigenvalue weighted by Gasteiger charge is -2.07. The van der Waals surface area contributed by atoms with Gasteiger partial charge in [-0.2, -0.15) is 0 Å². The zero-order chi connectivity index (χ0) is 10.7. The molecule has 0 fully saturated rings. The van der Waals surface area contributed by atoms with E-state index in [1.165, 1.54) is 22.3 Å². The number of aryl methyl sites for hydroxylation is 3. The van der Waals surface area contributed by atoms with Gasteiger partial charge in [0.1, 0.15) is 6.29 Å². The molecule has 1 aromatic carbocycles. The van der Waals surface area contributed by atoms with Crippen molar-refractivity contribution in [1.29, 1.82) is 0 Å². The lowest BCUT2D eigenvalue weighted by Crippen LogP contribution is -1.89. The minimum atomic E-state index is 0.764. The van der Waals surface area contributed by atoms with Gasteiger partial charge in [0.05, 0.1) is 0 Å². The third-order valence-electron chi connectivity index (χ3n) is 2.30. The highest BCUT2D eigenvalue weighted by molar-refractivity contribution is 5.81. The van der Waals surface area contributed by atoms with Crippen molar-refractivity contribution in [3.05, 3.63) is 40.0 Å². The van der Waals surface area contributed by atoms with E-state index in [1.807, 2.05) is 13.0 Å². The summed E-state index contributed by atoms with van der Waals surface area (Å²) in [7, 11) is 0. The van der Waals surface area contributed by atoms with Gasteiger partial charge in [0, 0.05) is 0 Å². The normalized spacial score (nSPS) is 11.6. The molecule has 0 saturated carbocycles. The van der Waals surface area contributed by atoms with Crippen LogP contribution in [0.1, 0.15) is 29.2 Å². The molecule has 0 aliphatic heterocycles. The molecule has 0 bridgehead atoms. The van der Waals surface area contributed by atoms with Crippen molar-refractivity contribution in [2.45, 2.75) is 27.7 Å². The minimum Gasteiger partial charge on any atom is -0.298 e. The van der Waals surface area contributed by atoms with Crippen LogP contribution in [0, 0.1) is 20.8 Å². The van der Waals surface area contributed by atoms with E-state index in [2.05, 4.69) is 32.9 Å². The second kappa shape index (κ2) is 4.23. The van der Waals surface area contributed by atoms with Crippen LogP contribution in [-0.2, 0) is 4.79 Å². The highest BCUT2D eigenvalue weighted by atomic mass is 16.1. The number of aldehydes is 1. The highest BCUT2D eigenvalue weighted by Gasteiger charge is 2.00. The third-order valence-corrected chi connectivity index (χ3v) is 2.30. The number of rotatable bonds is 2. The Morgan fingerprint density at radius 3 is 2.07 bits per heavy atom. The van der Waals surface area contributed by atoms with E-state index in [-0.39, 0.29) is 0 Å². The second-order valence-corrected chi connectivity index (χ2v) is 3.82. The summed E-state index contributed by atoms with van der Waals surface area (Å²) in [6.07, 6.45) is 2.83. The molecule has 0 saturated heterocycles. The van der Waals surface area contributed by atoms with Crippen molar-refractivity contribution >= 4 is 12.4 Å². The van der Waals surface area contributed by atoms with Gasteiger partial charge in [-0.05, 0) is 56.0 Å². The molecule has 1 heteroatoms. The van der Waals surface area contributed by atoms with Crippen LogP contribution >= 0.6 is 0 Å². The van der Waals surface area contributed by atoms with Gasteiger partial charge < -0.3 is 0 Å². The summed E-state index contributed by atoms with van der Waals surface area (Å²) in [6.45, 7) is 8.06. The van der Waals surface area contributed by atoms with E-state index >= 15 is 0 Å². The second-order valence-electron chi connectivity index (χ2n) is 3.82. The van der Waals surface area contributed by atoms with Crippen LogP contribution in [0.5, 0.6) is 0 Å². The molecule has 0 unspecified atom stereocenters. The van der Waals surface area contributed by atoms with E-state index in [4.69, 9.17) is 0 Å². The van der Waals surface area contributed by atoms with Gasteiger partial charge in [-0.25, -0.2) is 0 Å². The van der Waals surface area contributed by atoms with Gasteiger partial charge in [-0.1, -0.05) is 17.7 Å². The molecule has 14 heavy (non-hydrogen) atoms. The van der Waals surface area contributed by atoms with Gasteiger partial charge in [0.25, 0.3) is 0 Å². The SMILES string of the molecule is CC(C=O)=Cc1c(C)cc(C)cc1C. The van der Waals surface area contributed by atoms with Crippen LogP contribution in [0.25, 0.3) is 6.08 Å². The largest absolute Gasteiger partial charge is 0.298 e. The number of carbonyl (C=O) groups is 1. The van der Waals surface area contributed by atoms with Gasteiger partial charge in [-0.15, -0.1) is 0 Å². The van der Waals surface area contributed by atoms with E-state index in [0.29, 0.717) is 0 Å². The summed E-state index contributed by atoms with van der Waals surface area (Å²) >= 11 is 0. The predicted octanol–water partition coefficient (Wildman–Crippen LogP) is 3.21. The third kappa shape index (κ3) is 2.32. The molecule has 0 N–H and O–H groups in total. The van der Waals surface area contributed by atoms with E-state index in [0.717, 1.165) is 11.9 Å². The fourth-order valence-electron chi connectivity index (χ4n) is 1.68. The van der Waals surface area contributed by atoms with Crippen LogP contribution in [0.15, 0.2) is 17.7 Å². The molecule has 0 atom stereocenters. The summed E-state index contributed by atoms with van der Waals surface area (Å²) in [5, 5.41) is 0. The minimum absolute atomic E-state index is 0.764. The standard InChI is InChI=1S/C13H16O/c1-9-5-11(3)13(12(4)6-9)7-10(2)8-14/h5-8H,1-4H3. The number of carbonyl (C=O) groups excluding carboxylic acids is 1. The Kier molecular flexibility index (Phi) is 3.23. The van der Waals surface area contributed by atoms with Crippen molar-refractivity contribution in [3.8, 4) is 0 Å². The number of allylic oxidation sites excluding steroid dienone is 1. The quantitative estimate of drug-likeness (QED) is 0.514. The lowest BCUT2D eigenvalue weighted by molar-refractivity contribution is -0.104. The average Bonchev–Trinajstić information content (AvgIpc) is 2.10. The molecular weight excluding hydrogens is 172 g/mol. The molecule has 0 spiro atoms. The van der Waals surface area contributed by atoms with Crippen molar-refractivity contribution in [3.63, 3.8) is 0 Å². The first-order valence-corrected chi connectivity index (χ1v) is 4.76. The Labute approximate surface area is 85.5 Å². The van der Waals surface area contributed by atoms with Crippen molar-refractivity contribution in [2.24, 2.45) is 0 Å². The first-order valence-electron chi connectivity index (χ1n) is 4.76. The Hall–Kier alpha value is -1.37. The smallest absolute Gasteiger partial charge is 0.145 e. The molecule has 0 amide bonds. The number of benzene rings is 1. The predicted molar refractivity (Wildman–Crippen MR) is 60.4 cm³/mol. The average molecular weight is 188 g/mol. The zero-order valence-electron chi connectivity index (χ0n) is 9.22. The van der Waals surface area contributed by atoms with Crippen molar-refractivity contribution < 1.29 is 4.79 Å². The number of hydrogen-bond donors (Lipinski definition) is 0. The molecule has 0 radical (unpaired) electrons. The molecule has 1 rings (SSSR count). The van der Waals surface area contributed by atoms with E-state index in [9.17, 15) is 4.79 Å². The molecular formula is C13H16O. The molecule has 0 aliphatic rings. The van der Waals surface area contributed by atoms with Gasteiger partial charge in [0.15, 0.2) is 0 Å². The molecule has 0 aromatic heterocycles. The maximum absolute atomic E-state index is 10.5. The summed E-state index contributed by atoms with van der Waals surface area (Å²) in [5.74, 6) is 0. The van der Waals surface area contributed by atoms with Crippen LogP contribution in [0.4, 0.5) is 0 Å². The van der Waals surface area contributed by atoms with Crippen LogP contribution in [0.2, 0.25) is 0 Å². The maximum atomic E-state index is 10.5. The molecule has 1 nitrogen and oxygen atoms in total. The fourth-order valence-corrected chi connectivity index (χ4v) is 1.68. The van der Waals surface area contributed by atoms with Gasteiger partial charge >= 0.3 is 0 Å². The molecule has 0 aliphatic carbocycles. The fraction of sp³-hybridized carbons (Fsp3) is 0.308. The topological polar surface area (TPSA) is 17.1 Å². The Morgan fingerprint density at radius 1 is 1.14 bits per heavy atom. The monoisotopic (exact) mass is 188 g/mol. The van der Waals surface area contributed by atoms with Crippen LogP contribution < -0.4 is 0 Å². The van der Waals surface area contributed by atoms with E-state index in [1.54, 1.807) is 0 Å². The first kappa shape index (κ1) is 10.7. The Morgan fingerprint density at radius 2 is 1.64 bits per heavy atom. The summed E-state index contributed by atoms with van der Waals surface area (Å²) < 4.78 is 0. The van der Waals surface area contributed by atoms with Crippen molar-refractivity contribution in [2.75, 3.05) is 0 Å². The summed E-state index contributed by atoms with van der Waals surface area (Å²) in [4.78, 5) is 10.5. The molecule has 74 valence electrons. The van der Waals surface area contributed by atoms with Crippen LogP contribution in [-0.4, -0.2) is 6.29 Å². The molecule has 1 aromatic rings. The summed E-state index contributed by atoms with van der Waals surface area (Å²) in [5.41, 5.74) is 5.65. The van der Waals surface area contributed by atoms with Gasteiger partial charge in [0.2, 0.25) is 0 Å². The zero-order valence-corrected chi connectivity index (χ0v) is 9.22. The molecule has 0 heterocycles. The number of hydrogen-bond acceptors (Lipinski definition) is 1. The first-order chi connectivity index (χ1) is 6.54. The Bertz CT molecular complexity index is 363. The van der Waals surface area contributed by atoms with Gasteiger partial charge in [-0.3, -0.25) is 4.79 Å². The summed E-state index contributed by atoms with van der Waals surface area (Å²) in [6, 6.07) is 4.27. The maximum Gasteiger partial charge on any atom is 0.145 e. The van der Waals surface area contributed by atoms with Crippen molar-refractivity contribution in [1.82, 2.24) is 0 Å². The van der Waals surface area contributed by atoms with Crippen LogP contribution in [0.3, 0.4) is 0 Å². The lowest BCUT2D eigenvalue weighted by atomic mass is 9.98. The van der Waals surface area contributed by atoms with E-state index < -0.39 is 0 Å². The highest BCUT2D eigenvalue weighted by Crippen LogP contribution is 2.18. The Balaban J connectivity index is 3.28.